The highest BCUT2D eigenvalue weighted by Gasteiger charge is 2.19. The van der Waals surface area contributed by atoms with E-state index in [-0.39, 0.29) is 12.1 Å². The van der Waals surface area contributed by atoms with Gasteiger partial charge in [0.15, 0.2) is 5.96 Å². The van der Waals surface area contributed by atoms with E-state index in [0.29, 0.717) is 6.54 Å². The van der Waals surface area contributed by atoms with Gasteiger partial charge in [-0.3, -0.25) is 4.99 Å². The van der Waals surface area contributed by atoms with Crippen LogP contribution in [-0.2, 0) is 0 Å². The molecule has 0 radical (unpaired) electrons. The maximum absolute atomic E-state index is 5.58. The van der Waals surface area contributed by atoms with Crippen LogP contribution in [0.3, 0.4) is 0 Å². The maximum atomic E-state index is 5.58. The Morgan fingerprint density at radius 1 is 1.13 bits per heavy atom. The smallest absolute Gasteiger partial charge is 0.191 e. The molecule has 2 unspecified atom stereocenters. The number of hydrogen-bond acceptors (Lipinski definition) is 4. The summed E-state index contributed by atoms with van der Waals surface area (Å²) in [6.45, 7) is 5.21. The number of guanidine groups is 1. The third kappa shape index (κ3) is 5.91. The fourth-order valence-corrected chi connectivity index (χ4v) is 4.15. The molecule has 6 nitrogen and oxygen atoms in total. The molecule has 2 N–H and O–H groups in total. The number of aliphatic imine (C=N–C) groups is 1. The summed E-state index contributed by atoms with van der Waals surface area (Å²) < 4.78 is 5.58. The highest BCUT2D eigenvalue weighted by Crippen LogP contribution is 2.27. The lowest BCUT2D eigenvalue weighted by Gasteiger charge is -2.28. The Morgan fingerprint density at radius 2 is 1.87 bits per heavy atom. The first-order chi connectivity index (χ1) is 15.0. The average Bonchev–Trinajstić information content (AvgIpc) is 3.33. The van der Waals surface area contributed by atoms with E-state index >= 15 is 0 Å². The normalized spacial score (nSPS) is 16.3. The van der Waals surface area contributed by atoms with Gasteiger partial charge in [0.1, 0.15) is 5.75 Å². The summed E-state index contributed by atoms with van der Waals surface area (Å²) >= 11 is 0. The molecule has 0 aliphatic carbocycles. The Bertz CT molecular complexity index is 860. The van der Waals surface area contributed by atoms with Gasteiger partial charge in [0, 0.05) is 37.9 Å². The molecule has 0 amide bonds. The van der Waals surface area contributed by atoms with Gasteiger partial charge >= 0.3 is 0 Å². The van der Waals surface area contributed by atoms with Crippen molar-refractivity contribution in [3.63, 3.8) is 0 Å². The Labute approximate surface area is 187 Å². The molecule has 1 fully saturated rings. The molecule has 0 saturated carbocycles. The van der Waals surface area contributed by atoms with Crippen LogP contribution in [0.2, 0.25) is 0 Å². The molecule has 0 bridgehead atoms. The number of benzene rings is 2. The zero-order valence-electron chi connectivity index (χ0n) is 19.6. The van der Waals surface area contributed by atoms with E-state index in [4.69, 9.17) is 4.74 Å². The number of nitrogens with zero attached hydrogens (tertiary/aromatic N) is 3. The molecule has 1 heterocycles. The Hall–Kier alpha value is -2.73. The molecule has 1 aliphatic heterocycles. The van der Waals surface area contributed by atoms with Crippen molar-refractivity contribution in [1.29, 1.82) is 0 Å². The lowest BCUT2D eigenvalue weighted by Crippen LogP contribution is -2.42. The van der Waals surface area contributed by atoms with Gasteiger partial charge in [-0.1, -0.05) is 30.3 Å². The molecule has 2 aromatic carbocycles. The summed E-state index contributed by atoms with van der Waals surface area (Å²) in [5.41, 5.74) is 3.74. The summed E-state index contributed by atoms with van der Waals surface area (Å²) in [7, 11) is 7.71. The van der Waals surface area contributed by atoms with Crippen molar-refractivity contribution in [2.45, 2.75) is 31.8 Å². The molecule has 0 aromatic heterocycles. The van der Waals surface area contributed by atoms with Crippen molar-refractivity contribution in [2.24, 2.45) is 4.99 Å². The first-order valence-corrected chi connectivity index (χ1v) is 11.1. The van der Waals surface area contributed by atoms with Crippen LogP contribution in [0.1, 0.15) is 43.0 Å². The number of para-hydroxylation sites is 1. The molecule has 31 heavy (non-hydrogen) atoms. The summed E-state index contributed by atoms with van der Waals surface area (Å²) in [6.07, 6.45) is 2.57. The van der Waals surface area contributed by atoms with E-state index in [1.165, 1.54) is 24.1 Å². The van der Waals surface area contributed by atoms with Crippen LogP contribution < -0.4 is 20.3 Å². The molecule has 0 spiro atoms. The lowest BCUT2D eigenvalue weighted by molar-refractivity contribution is 0.287. The van der Waals surface area contributed by atoms with Crippen LogP contribution >= 0.6 is 0 Å². The minimum Gasteiger partial charge on any atom is -0.496 e. The van der Waals surface area contributed by atoms with Crippen LogP contribution in [0.4, 0.5) is 5.69 Å². The zero-order chi connectivity index (χ0) is 22.2. The van der Waals surface area contributed by atoms with Crippen molar-refractivity contribution in [3.8, 4) is 5.75 Å². The van der Waals surface area contributed by atoms with Gasteiger partial charge in [0.25, 0.3) is 0 Å². The van der Waals surface area contributed by atoms with Gasteiger partial charge in [-0.15, -0.1) is 0 Å². The quantitative estimate of drug-likeness (QED) is 0.499. The lowest BCUT2D eigenvalue weighted by atomic mass is 10.0. The van der Waals surface area contributed by atoms with Crippen LogP contribution in [0.15, 0.2) is 53.5 Å². The molecule has 2 atom stereocenters. The number of rotatable bonds is 8. The minimum absolute atomic E-state index is 0.151. The van der Waals surface area contributed by atoms with Gasteiger partial charge in [-0.2, -0.15) is 0 Å². The van der Waals surface area contributed by atoms with E-state index < -0.39 is 0 Å². The molecule has 3 rings (SSSR count). The van der Waals surface area contributed by atoms with E-state index in [1.807, 2.05) is 19.2 Å². The first-order valence-electron chi connectivity index (χ1n) is 11.1. The summed E-state index contributed by atoms with van der Waals surface area (Å²) in [4.78, 5) is 9.12. The summed E-state index contributed by atoms with van der Waals surface area (Å²) in [6, 6.07) is 17.3. The van der Waals surface area contributed by atoms with Gasteiger partial charge in [-0.25, -0.2) is 0 Å². The SMILES string of the molecule is CN=C(NCC(c1ccccc1OC)N(C)C)NC(C)c1cccc(N2CCCC2)c1. The average molecular weight is 424 g/mol. The van der Waals surface area contributed by atoms with Crippen molar-refractivity contribution >= 4 is 11.6 Å². The first kappa shape index (κ1) is 22.9. The predicted octanol–water partition coefficient (Wildman–Crippen LogP) is 3.82. The topological polar surface area (TPSA) is 52.1 Å². The van der Waals surface area contributed by atoms with Crippen molar-refractivity contribution in [3.05, 3.63) is 59.7 Å². The van der Waals surface area contributed by atoms with Crippen molar-refractivity contribution in [1.82, 2.24) is 15.5 Å². The highest BCUT2D eigenvalue weighted by molar-refractivity contribution is 5.80. The molecule has 1 saturated heterocycles. The van der Waals surface area contributed by atoms with Crippen LogP contribution in [0, 0.1) is 0 Å². The third-order valence-electron chi connectivity index (χ3n) is 6.00. The van der Waals surface area contributed by atoms with Crippen LogP contribution in [0.25, 0.3) is 0 Å². The fourth-order valence-electron chi connectivity index (χ4n) is 4.15. The van der Waals surface area contributed by atoms with Gasteiger partial charge in [0.05, 0.1) is 19.2 Å². The second kappa shape index (κ2) is 11.0. The summed E-state index contributed by atoms with van der Waals surface area (Å²) in [5, 5.41) is 7.05. The second-order valence-corrected chi connectivity index (χ2v) is 8.33. The highest BCUT2D eigenvalue weighted by atomic mass is 16.5. The number of hydrogen-bond donors (Lipinski definition) is 2. The van der Waals surface area contributed by atoms with Gasteiger partial charge < -0.3 is 25.2 Å². The monoisotopic (exact) mass is 423 g/mol. The Balaban J connectivity index is 1.65. The standard InChI is InChI=1S/C25H37N5O/c1-19(20-11-10-12-21(17-20)30-15-8-9-16-30)28-25(26-2)27-18-23(29(3)4)22-13-6-7-14-24(22)31-5/h6-7,10-14,17,19,23H,8-9,15-16,18H2,1-5H3,(H2,26,27,28). The van der Waals surface area contributed by atoms with Gasteiger partial charge in [0.2, 0.25) is 0 Å². The maximum Gasteiger partial charge on any atom is 0.191 e. The molecular formula is C25H37N5O. The molecule has 6 heteroatoms. The number of methoxy groups -OCH3 is 1. The van der Waals surface area contributed by atoms with Crippen molar-refractivity contribution < 1.29 is 4.74 Å². The van der Waals surface area contributed by atoms with Crippen molar-refractivity contribution in [2.75, 3.05) is 52.8 Å². The summed E-state index contributed by atoms with van der Waals surface area (Å²) in [5.74, 6) is 1.69. The van der Waals surface area contributed by atoms with E-state index in [9.17, 15) is 0 Å². The zero-order valence-corrected chi connectivity index (χ0v) is 19.6. The molecule has 1 aliphatic rings. The van der Waals surface area contributed by atoms with Crippen LogP contribution in [-0.4, -0.2) is 58.7 Å². The Kier molecular flexibility index (Phi) is 8.18. The largest absolute Gasteiger partial charge is 0.496 e. The van der Waals surface area contributed by atoms with E-state index in [1.54, 1.807) is 7.11 Å². The van der Waals surface area contributed by atoms with E-state index in [2.05, 4.69) is 82.8 Å². The van der Waals surface area contributed by atoms with E-state index in [0.717, 1.165) is 30.4 Å². The Morgan fingerprint density at radius 3 is 2.55 bits per heavy atom. The molecular weight excluding hydrogens is 386 g/mol. The number of likely N-dealkylation sites (N-methyl/N-ethyl adjacent to an activating group) is 1. The third-order valence-corrected chi connectivity index (χ3v) is 6.00. The minimum atomic E-state index is 0.151. The molecule has 168 valence electrons. The number of anilines is 1. The molecule has 2 aromatic rings. The van der Waals surface area contributed by atoms with Gasteiger partial charge in [-0.05, 0) is 57.6 Å². The van der Waals surface area contributed by atoms with Crippen LogP contribution in [0.5, 0.6) is 5.75 Å². The number of ether oxygens (including phenoxy) is 1. The predicted molar refractivity (Wildman–Crippen MR) is 130 cm³/mol. The second-order valence-electron chi connectivity index (χ2n) is 8.33. The number of nitrogens with one attached hydrogen (secondary N) is 2. The fraction of sp³-hybridized carbons (Fsp3) is 0.480.